The number of carbonyl (C=O) groups excluding carboxylic acids is 2. The number of carbonyl (C=O) groups is 2. The third kappa shape index (κ3) is 3.90. The SMILES string of the molecule is O=C(CC1c2ncccc2C(=O)N1c1ccc(Cl)cc1)NC1CCCCCC1. The first kappa shape index (κ1) is 18.9. The zero-order chi connectivity index (χ0) is 19.5. The van der Waals surface area contributed by atoms with E-state index in [1.807, 2.05) is 12.1 Å². The molecule has 0 spiro atoms. The Morgan fingerprint density at radius 3 is 2.54 bits per heavy atom. The zero-order valence-electron chi connectivity index (χ0n) is 15.7. The van der Waals surface area contributed by atoms with Crippen LogP contribution in [0.3, 0.4) is 0 Å². The van der Waals surface area contributed by atoms with E-state index in [1.54, 1.807) is 35.4 Å². The first-order valence-electron chi connectivity index (χ1n) is 9.97. The van der Waals surface area contributed by atoms with Crippen LogP contribution < -0.4 is 10.2 Å². The van der Waals surface area contributed by atoms with Crippen LogP contribution in [0.2, 0.25) is 5.02 Å². The highest BCUT2D eigenvalue weighted by Gasteiger charge is 2.40. The standard InChI is InChI=1S/C22H24ClN3O2/c23-15-9-11-17(12-10-15)26-19(21-18(22(26)28)8-5-13-24-21)14-20(27)25-16-6-3-1-2-4-7-16/h5,8-13,16,19H,1-4,6-7,14H2,(H,25,27). The molecule has 4 rings (SSSR count). The fourth-order valence-corrected chi connectivity index (χ4v) is 4.36. The molecule has 2 aromatic rings. The van der Waals surface area contributed by atoms with Gasteiger partial charge >= 0.3 is 0 Å². The number of fused-ring (bicyclic) bond motifs is 1. The van der Waals surface area contributed by atoms with Gasteiger partial charge in [-0.3, -0.25) is 19.5 Å². The summed E-state index contributed by atoms with van der Waals surface area (Å²) >= 11 is 6.01. The molecule has 1 aliphatic heterocycles. The monoisotopic (exact) mass is 397 g/mol. The maximum absolute atomic E-state index is 13.0. The Morgan fingerprint density at radius 2 is 1.82 bits per heavy atom. The molecular formula is C22H24ClN3O2. The first-order chi connectivity index (χ1) is 13.6. The van der Waals surface area contributed by atoms with E-state index in [4.69, 9.17) is 11.6 Å². The van der Waals surface area contributed by atoms with Gasteiger partial charge in [0.05, 0.1) is 23.7 Å². The van der Waals surface area contributed by atoms with Crippen molar-refractivity contribution >= 4 is 29.1 Å². The largest absolute Gasteiger partial charge is 0.353 e. The van der Waals surface area contributed by atoms with Crippen LogP contribution in [0.5, 0.6) is 0 Å². The van der Waals surface area contributed by atoms with Crippen molar-refractivity contribution in [2.75, 3.05) is 4.90 Å². The number of nitrogens with zero attached hydrogens (tertiary/aromatic N) is 2. The summed E-state index contributed by atoms with van der Waals surface area (Å²) in [6.07, 6.45) is 8.75. The number of halogens is 1. The number of pyridine rings is 1. The number of amides is 2. The van der Waals surface area contributed by atoms with Crippen molar-refractivity contribution in [3.8, 4) is 0 Å². The molecule has 1 N–H and O–H groups in total. The van der Waals surface area contributed by atoms with Gasteiger partial charge in [0.25, 0.3) is 5.91 Å². The summed E-state index contributed by atoms with van der Waals surface area (Å²) in [5.41, 5.74) is 1.95. The van der Waals surface area contributed by atoms with E-state index in [1.165, 1.54) is 12.8 Å². The van der Waals surface area contributed by atoms with E-state index in [0.717, 1.165) is 31.4 Å². The lowest BCUT2D eigenvalue weighted by Gasteiger charge is -2.25. The van der Waals surface area contributed by atoms with Gasteiger partial charge in [0.2, 0.25) is 5.91 Å². The smallest absolute Gasteiger partial charge is 0.260 e. The highest BCUT2D eigenvalue weighted by molar-refractivity contribution is 6.30. The maximum atomic E-state index is 13.0. The van der Waals surface area contributed by atoms with E-state index < -0.39 is 6.04 Å². The normalized spacial score (nSPS) is 20.0. The van der Waals surface area contributed by atoms with Crippen molar-refractivity contribution < 1.29 is 9.59 Å². The van der Waals surface area contributed by atoms with Crippen LogP contribution in [0.25, 0.3) is 0 Å². The molecule has 2 amide bonds. The highest BCUT2D eigenvalue weighted by atomic mass is 35.5. The first-order valence-corrected chi connectivity index (χ1v) is 10.3. The van der Waals surface area contributed by atoms with E-state index in [9.17, 15) is 9.59 Å². The van der Waals surface area contributed by atoms with Crippen LogP contribution in [0, 0.1) is 0 Å². The van der Waals surface area contributed by atoms with Crippen molar-refractivity contribution in [2.45, 2.75) is 57.0 Å². The molecule has 5 nitrogen and oxygen atoms in total. The maximum Gasteiger partial charge on any atom is 0.260 e. The molecule has 6 heteroatoms. The molecule has 2 heterocycles. The summed E-state index contributed by atoms with van der Waals surface area (Å²) in [4.78, 5) is 32.0. The van der Waals surface area contributed by atoms with Crippen molar-refractivity contribution in [2.24, 2.45) is 0 Å². The van der Waals surface area contributed by atoms with Crippen molar-refractivity contribution in [3.63, 3.8) is 0 Å². The molecule has 1 fully saturated rings. The van der Waals surface area contributed by atoms with Gasteiger partial charge < -0.3 is 5.32 Å². The third-order valence-electron chi connectivity index (χ3n) is 5.62. The molecule has 1 saturated carbocycles. The van der Waals surface area contributed by atoms with Gasteiger partial charge in [0.15, 0.2) is 0 Å². The molecular weight excluding hydrogens is 374 g/mol. The van der Waals surface area contributed by atoms with Gasteiger partial charge in [-0.1, -0.05) is 37.3 Å². The second-order valence-corrected chi connectivity index (χ2v) is 8.00. The minimum Gasteiger partial charge on any atom is -0.353 e. The van der Waals surface area contributed by atoms with E-state index in [0.29, 0.717) is 16.3 Å². The number of anilines is 1. The quantitative estimate of drug-likeness (QED) is 0.763. The lowest BCUT2D eigenvalue weighted by molar-refractivity contribution is -0.122. The van der Waals surface area contributed by atoms with Gasteiger partial charge in [-0.25, -0.2) is 0 Å². The summed E-state index contributed by atoms with van der Waals surface area (Å²) in [5.74, 6) is -0.153. The Bertz CT molecular complexity index is 860. The Morgan fingerprint density at radius 1 is 1.11 bits per heavy atom. The Hall–Kier alpha value is -2.40. The molecule has 1 aromatic heterocycles. The van der Waals surface area contributed by atoms with E-state index in [-0.39, 0.29) is 24.3 Å². The van der Waals surface area contributed by atoms with Gasteiger partial charge in [-0.05, 0) is 49.2 Å². The molecule has 1 unspecified atom stereocenters. The zero-order valence-corrected chi connectivity index (χ0v) is 16.5. The second-order valence-electron chi connectivity index (χ2n) is 7.56. The summed E-state index contributed by atoms with van der Waals surface area (Å²) in [5, 5.41) is 3.79. The summed E-state index contributed by atoms with van der Waals surface area (Å²) in [6, 6.07) is 10.5. The molecule has 0 saturated heterocycles. The van der Waals surface area contributed by atoms with Crippen molar-refractivity contribution in [3.05, 3.63) is 58.9 Å². The molecule has 146 valence electrons. The average Bonchev–Trinajstić information content (AvgIpc) is 2.85. The summed E-state index contributed by atoms with van der Waals surface area (Å²) < 4.78 is 0. The number of rotatable bonds is 4. The van der Waals surface area contributed by atoms with Crippen molar-refractivity contribution in [1.29, 1.82) is 0 Å². The minimum atomic E-state index is -0.407. The van der Waals surface area contributed by atoms with Crippen LogP contribution in [-0.4, -0.2) is 22.8 Å². The minimum absolute atomic E-state index is 0.0258. The van der Waals surface area contributed by atoms with Gasteiger partial charge in [0.1, 0.15) is 0 Å². The Kier molecular flexibility index (Phi) is 5.62. The van der Waals surface area contributed by atoms with Gasteiger partial charge in [-0.2, -0.15) is 0 Å². The van der Waals surface area contributed by atoms with Crippen LogP contribution >= 0.6 is 11.6 Å². The van der Waals surface area contributed by atoms with Crippen LogP contribution in [-0.2, 0) is 4.79 Å². The molecule has 0 bridgehead atoms. The fourth-order valence-electron chi connectivity index (χ4n) is 4.23. The lowest BCUT2D eigenvalue weighted by Crippen LogP contribution is -2.37. The second kappa shape index (κ2) is 8.31. The predicted octanol–water partition coefficient (Wildman–Crippen LogP) is 4.67. The topological polar surface area (TPSA) is 62.3 Å². The van der Waals surface area contributed by atoms with Crippen LogP contribution in [0.4, 0.5) is 5.69 Å². The molecule has 0 radical (unpaired) electrons. The fraction of sp³-hybridized carbons (Fsp3) is 0.409. The molecule has 1 atom stereocenters. The number of hydrogen-bond acceptors (Lipinski definition) is 3. The number of hydrogen-bond donors (Lipinski definition) is 1. The van der Waals surface area contributed by atoms with Gasteiger partial charge in [-0.15, -0.1) is 0 Å². The Labute approximate surface area is 170 Å². The Balaban J connectivity index is 1.57. The third-order valence-corrected chi connectivity index (χ3v) is 5.87. The lowest BCUT2D eigenvalue weighted by atomic mass is 10.1. The molecule has 2 aliphatic rings. The van der Waals surface area contributed by atoms with Gasteiger partial charge in [0, 0.05) is 22.9 Å². The van der Waals surface area contributed by atoms with Crippen LogP contribution in [0.15, 0.2) is 42.6 Å². The van der Waals surface area contributed by atoms with E-state index >= 15 is 0 Å². The number of aromatic nitrogens is 1. The van der Waals surface area contributed by atoms with E-state index in [2.05, 4.69) is 10.3 Å². The predicted molar refractivity (Wildman–Crippen MR) is 109 cm³/mol. The summed E-state index contributed by atoms with van der Waals surface area (Å²) in [6.45, 7) is 0. The molecule has 1 aliphatic carbocycles. The number of benzene rings is 1. The molecule has 1 aromatic carbocycles. The van der Waals surface area contributed by atoms with Crippen molar-refractivity contribution in [1.82, 2.24) is 10.3 Å². The highest BCUT2D eigenvalue weighted by Crippen LogP contribution is 2.38. The summed E-state index contributed by atoms with van der Waals surface area (Å²) in [7, 11) is 0. The number of nitrogens with one attached hydrogen (secondary N) is 1. The average molecular weight is 398 g/mol. The van der Waals surface area contributed by atoms with Crippen LogP contribution in [0.1, 0.15) is 67.0 Å². The molecule has 28 heavy (non-hydrogen) atoms.